The van der Waals surface area contributed by atoms with Crippen LogP contribution in [0.4, 0.5) is 18.9 Å². The summed E-state index contributed by atoms with van der Waals surface area (Å²) < 4.78 is 69.7. The van der Waals surface area contributed by atoms with Crippen LogP contribution in [-0.2, 0) is 10.0 Å². The number of halogens is 3. The van der Waals surface area contributed by atoms with Crippen molar-refractivity contribution in [2.75, 3.05) is 44.3 Å². The highest BCUT2D eigenvalue weighted by Gasteiger charge is 2.41. The van der Waals surface area contributed by atoms with Gasteiger partial charge in [-0.2, -0.15) is 0 Å². The summed E-state index contributed by atoms with van der Waals surface area (Å²) in [6, 6.07) is 1.59. The summed E-state index contributed by atoms with van der Waals surface area (Å²) in [6.07, 6.45) is 1.70. The Kier molecular flexibility index (Phi) is 6.02. The van der Waals surface area contributed by atoms with E-state index in [2.05, 4.69) is 19.9 Å². The molecule has 14 heteroatoms. The first-order chi connectivity index (χ1) is 16.2. The van der Waals surface area contributed by atoms with Crippen molar-refractivity contribution in [3.8, 4) is 10.7 Å². The Morgan fingerprint density at radius 3 is 2.56 bits per heavy atom. The molecule has 1 saturated carbocycles. The minimum atomic E-state index is -3.85. The Morgan fingerprint density at radius 2 is 1.94 bits per heavy atom. The third-order valence-corrected chi connectivity index (χ3v) is 8.77. The number of nitrogens with one attached hydrogen (secondary N) is 1. The third-order valence-electron chi connectivity index (χ3n) is 6.21. The van der Waals surface area contributed by atoms with Crippen LogP contribution in [0.15, 0.2) is 23.4 Å². The number of rotatable bonds is 8. The molecule has 1 N–H and O–H groups in total. The molecule has 0 aromatic carbocycles. The summed E-state index contributed by atoms with van der Waals surface area (Å²) in [5.41, 5.74) is 1.01. The Balaban J connectivity index is 1.59. The number of alkyl halides is 3. The maximum atomic E-state index is 13.2. The van der Waals surface area contributed by atoms with Crippen molar-refractivity contribution in [2.45, 2.75) is 36.6 Å². The summed E-state index contributed by atoms with van der Waals surface area (Å²) in [6.45, 7) is 4.19. The van der Waals surface area contributed by atoms with Gasteiger partial charge in [0.25, 0.3) is 6.43 Å². The van der Waals surface area contributed by atoms with E-state index < -0.39 is 33.7 Å². The molecule has 3 aromatic heterocycles. The second-order valence-electron chi connectivity index (χ2n) is 8.83. The number of fused-ring (bicyclic) bond motifs is 1. The van der Waals surface area contributed by atoms with Crippen LogP contribution in [-0.4, -0.2) is 77.8 Å². The molecule has 2 aliphatic rings. The average molecular weight is 516 g/mol. The number of hydrogen-bond acceptors (Lipinski definition) is 8. The SMILES string of the molecule is CC1(NS(=O)(=O)c2cc(N3CCN(CCF)CC3)c3ncc(-c4nnc(C(F)F)s4)n3c2)CC1. The molecule has 184 valence electrons. The number of imidazole rings is 1. The molecule has 4 heterocycles. The molecule has 0 bridgehead atoms. The van der Waals surface area contributed by atoms with E-state index in [1.165, 1.54) is 12.4 Å². The van der Waals surface area contributed by atoms with E-state index >= 15 is 0 Å². The fourth-order valence-corrected chi connectivity index (χ4v) is 6.20. The largest absolute Gasteiger partial charge is 0.366 e. The first-order valence-corrected chi connectivity index (χ1v) is 13.2. The minimum absolute atomic E-state index is 0.0483. The van der Waals surface area contributed by atoms with Gasteiger partial charge in [0, 0.05) is 44.5 Å². The molecule has 1 saturated heterocycles. The summed E-state index contributed by atoms with van der Waals surface area (Å²) >= 11 is 0.740. The second kappa shape index (κ2) is 8.73. The van der Waals surface area contributed by atoms with Gasteiger partial charge in [0.1, 0.15) is 17.3 Å². The zero-order valence-electron chi connectivity index (χ0n) is 18.4. The van der Waals surface area contributed by atoms with E-state index in [1.807, 2.05) is 16.7 Å². The lowest BCUT2D eigenvalue weighted by Gasteiger charge is -2.35. The van der Waals surface area contributed by atoms with Crippen LogP contribution < -0.4 is 9.62 Å². The summed E-state index contributed by atoms with van der Waals surface area (Å²) in [7, 11) is -3.85. The molecule has 1 aliphatic carbocycles. The maximum Gasteiger partial charge on any atom is 0.291 e. The first-order valence-electron chi connectivity index (χ1n) is 10.9. The first kappa shape index (κ1) is 23.5. The van der Waals surface area contributed by atoms with Gasteiger partial charge < -0.3 is 4.90 Å². The average Bonchev–Trinajstić information content (AvgIpc) is 3.19. The molecule has 34 heavy (non-hydrogen) atoms. The van der Waals surface area contributed by atoms with Gasteiger partial charge in [-0.05, 0) is 25.8 Å². The fraction of sp³-hybridized carbons (Fsp3) is 0.550. The lowest BCUT2D eigenvalue weighted by Crippen LogP contribution is -2.47. The second-order valence-corrected chi connectivity index (χ2v) is 11.5. The smallest absolute Gasteiger partial charge is 0.291 e. The summed E-state index contributed by atoms with van der Waals surface area (Å²) in [5.74, 6) is 0. The van der Waals surface area contributed by atoms with E-state index in [0.717, 1.165) is 24.2 Å². The van der Waals surface area contributed by atoms with Crippen LogP contribution in [0.25, 0.3) is 16.3 Å². The monoisotopic (exact) mass is 515 g/mol. The number of anilines is 1. The van der Waals surface area contributed by atoms with Gasteiger partial charge in [-0.15, -0.1) is 10.2 Å². The van der Waals surface area contributed by atoms with E-state index in [1.54, 1.807) is 10.5 Å². The predicted molar refractivity (Wildman–Crippen MR) is 122 cm³/mol. The number of aromatic nitrogens is 4. The lowest BCUT2D eigenvalue weighted by molar-refractivity contribution is 0.150. The van der Waals surface area contributed by atoms with E-state index in [4.69, 9.17) is 0 Å². The Bertz CT molecular complexity index is 1300. The van der Waals surface area contributed by atoms with Crippen molar-refractivity contribution < 1.29 is 21.6 Å². The number of pyridine rings is 1. The molecule has 3 aromatic rings. The highest BCUT2D eigenvalue weighted by Crippen LogP contribution is 2.37. The minimum Gasteiger partial charge on any atom is -0.366 e. The topological polar surface area (TPSA) is 95.7 Å². The van der Waals surface area contributed by atoms with Crippen molar-refractivity contribution >= 4 is 32.7 Å². The molecule has 0 amide bonds. The van der Waals surface area contributed by atoms with Crippen LogP contribution in [0, 0.1) is 0 Å². The van der Waals surface area contributed by atoms with Crippen LogP contribution in [0.5, 0.6) is 0 Å². The fourth-order valence-electron chi connectivity index (χ4n) is 4.01. The molecule has 0 radical (unpaired) electrons. The molecular weight excluding hydrogens is 491 g/mol. The molecule has 0 spiro atoms. The quantitative estimate of drug-likeness (QED) is 0.493. The molecule has 0 unspecified atom stereocenters. The molecule has 2 fully saturated rings. The molecule has 1 aliphatic heterocycles. The van der Waals surface area contributed by atoms with Crippen LogP contribution in [0.3, 0.4) is 0 Å². The standard InChI is InChI=1S/C20H24F3N7O2S2/c1-20(2-3-20)27-34(31,32)13-10-14(29-8-6-28(5-4-21)7-9-29)17-24-11-15(30(17)12-13)18-25-26-19(33-18)16(22)23/h10-12,16,27H,2-9H2,1H3. The highest BCUT2D eigenvalue weighted by atomic mass is 32.2. The van der Waals surface area contributed by atoms with Crippen molar-refractivity contribution in [2.24, 2.45) is 0 Å². The summed E-state index contributed by atoms with van der Waals surface area (Å²) in [5, 5.41) is 7.22. The van der Waals surface area contributed by atoms with Gasteiger partial charge in [-0.25, -0.2) is 31.3 Å². The van der Waals surface area contributed by atoms with Crippen molar-refractivity contribution in [1.82, 2.24) is 29.2 Å². The van der Waals surface area contributed by atoms with Gasteiger partial charge in [0.2, 0.25) is 10.0 Å². The molecule has 5 rings (SSSR count). The Hall–Kier alpha value is -2.29. The van der Waals surface area contributed by atoms with Gasteiger partial charge >= 0.3 is 0 Å². The van der Waals surface area contributed by atoms with Gasteiger partial charge in [-0.1, -0.05) is 11.3 Å². The van der Waals surface area contributed by atoms with Gasteiger partial charge in [-0.3, -0.25) is 9.30 Å². The van der Waals surface area contributed by atoms with Crippen LogP contribution >= 0.6 is 11.3 Å². The molecule has 0 atom stereocenters. The van der Waals surface area contributed by atoms with Crippen molar-refractivity contribution in [3.05, 3.63) is 23.5 Å². The van der Waals surface area contributed by atoms with Crippen molar-refractivity contribution in [3.63, 3.8) is 0 Å². The number of nitrogens with zero attached hydrogens (tertiary/aromatic N) is 6. The third kappa shape index (κ3) is 4.51. The normalized spacial score (nSPS) is 18.8. The van der Waals surface area contributed by atoms with Crippen LogP contribution in [0.2, 0.25) is 0 Å². The zero-order chi connectivity index (χ0) is 24.1. The Morgan fingerprint density at radius 1 is 1.21 bits per heavy atom. The maximum absolute atomic E-state index is 13.2. The van der Waals surface area contributed by atoms with Gasteiger partial charge in [0.05, 0.1) is 11.9 Å². The number of hydrogen-bond donors (Lipinski definition) is 1. The molecular formula is C20H24F3N7O2S2. The predicted octanol–water partition coefficient (Wildman–Crippen LogP) is 2.71. The van der Waals surface area contributed by atoms with Crippen LogP contribution in [0.1, 0.15) is 31.2 Å². The molecule has 9 nitrogen and oxygen atoms in total. The number of piperazine rings is 1. The Labute approximate surface area is 198 Å². The van der Waals surface area contributed by atoms with E-state index in [-0.39, 0.29) is 9.90 Å². The van der Waals surface area contributed by atoms with Gasteiger partial charge in [0.15, 0.2) is 15.7 Å². The summed E-state index contributed by atoms with van der Waals surface area (Å²) in [4.78, 5) is 8.55. The van der Waals surface area contributed by atoms with E-state index in [0.29, 0.717) is 49.8 Å². The highest BCUT2D eigenvalue weighted by molar-refractivity contribution is 7.89. The lowest BCUT2D eigenvalue weighted by atomic mass is 10.2. The van der Waals surface area contributed by atoms with Crippen molar-refractivity contribution in [1.29, 1.82) is 0 Å². The van der Waals surface area contributed by atoms with E-state index in [9.17, 15) is 21.6 Å². The number of sulfonamides is 1. The zero-order valence-corrected chi connectivity index (χ0v) is 20.0.